The van der Waals surface area contributed by atoms with Crippen LogP contribution in [0.1, 0.15) is 22.8 Å². The Bertz CT molecular complexity index is 601. The molecule has 1 unspecified atom stereocenters. The number of halogens is 3. The maximum atomic E-state index is 13.8. The topological polar surface area (TPSA) is 20.2 Å². The van der Waals surface area contributed by atoms with Gasteiger partial charge in [-0.05, 0) is 35.7 Å². The Labute approximate surface area is 125 Å². The zero-order valence-electron chi connectivity index (χ0n) is 10.3. The second-order valence-corrected chi connectivity index (χ2v) is 5.70. The van der Waals surface area contributed by atoms with E-state index in [1.54, 1.807) is 12.1 Å². The molecule has 0 aromatic heterocycles. The molecule has 0 aliphatic carbocycles. The molecule has 0 aliphatic heterocycles. The third-order valence-electron chi connectivity index (χ3n) is 3.01. The lowest BCUT2D eigenvalue weighted by Gasteiger charge is -2.13. The summed E-state index contributed by atoms with van der Waals surface area (Å²) in [5, 5.41) is 10.3. The number of hydrogen-bond donors (Lipinski definition) is 1. The van der Waals surface area contributed by atoms with Gasteiger partial charge in [0, 0.05) is 10.9 Å². The molecular weight excluding hydrogens is 331 g/mol. The SMILES string of the molecule is Cc1cc(C(O)Cc2cccc(Cl)c2F)ccc1Br. The van der Waals surface area contributed by atoms with Gasteiger partial charge in [-0.15, -0.1) is 0 Å². The number of hydrogen-bond acceptors (Lipinski definition) is 1. The number of aliphatic hydroxyl groups excluding tert-OH is 1. The highest BCUT2D eigenvalue weighted by molar-refractivity contribution is 9.10. The second kappa shape index (κ2) is 6.04. The Morgan fingerprint density at radius 1 is 1.32 bits per heavy atom. The minimum absolute atomic E-state index is 0.0803. The Morgan fingerprint density at radius 3 is 2.74 bits per heavy atom. The van der Waals surface area contributed by atoms with Crippen LogP contribution in [0.15, 0.2) is 40.9 Å². The minimum atomic E-state index is -0.750. The van der Waals surface area contributed by atoms with Crippen molar-refractivity contribution in [1.82, 2.24) is 0 Å². The highest BCUT2D eigenvalue weighted by Crippen LogP contribution is 2.26. The van der Waals surface area contributed by atoms with Crippen molar-refractivity contribution in [2.24, 2.45) is 0 Å². The quantitative estimate of drug-likeness (QED) is 0.846. The number of benzene rings is 2. The van der Waals surface area contributed by atoms with Crippen LogP contribution in [-0.2, 0) is 6.42 Å². The molecule has 0 aliphatic rings. The van der Waals surface area contributed by atoms with E-state index in [2.05, 4.69) is 15.9 Å². The normalized spacial score (nSPS) is 12.5. The van der Waals surface area contributed by atoms with Crippen LogP contribution in [0.4, 0.5) is 4.39 Å². The molecule has 19 heavy (non-hydrogen) atoms. The summed E-state index contributed by atoms with van der Waals surface area (Å²) in [6.07, 6.45) is -0.548. The predicted molar refractivity (Wildman–Crippen MR) is 79.0 cm³/mol. The van der Waals surface area contributed by atoms with Crippen molar-refractivity contribution in [2.45, 2.75) is 19.4 Å². The van der Waals surface area contributed by atoms with E-state index in [9.17, 15) is 9.50 Å². The summed E-state index contributed by atoms with van der Waals surface area (Å²) >= 11 is 9.13. The lowest BCUT2D eigenvalue weighted by atomic mass is 10.00. The number of aryl methyl sites for hydroxylation is 1. The third kappa shape index (κ3) is 3.35. The first-order valence-electron chi connectivity index (χ1n) is 5.86. The highest BCUT2D eigenvalue weighted by atomic mass is 79.9. The number of rotatable bonds is 3. The fourth-order valence-corrected chi connectivity index (χ4v) is 2.35. The first-order valence-corrected chi connectivity index (χ1v) is 7.03. The van der Waals surface area contributed by atoms with Crippen LogP contribution >= 0.6 is 27.5 Å². The summed E-state index contributed by atoms with van der Waals surface area (Å²) in [6.45, 7) is 1.94. The van der Waals surface area contributed by atoms with Crippen LogP contribution in [0, 0.1) is 12.7 Å². The molecule has 1 nitrogen and oxygen atoms in total. The highest BCUT2D eigenvalue weighted by Gasteiger charge is 2.14. The van der Waals surface area contributed by atoms with Crippen molar-refractivity contribution in [1.29, 1.82) is 0 Å². The van der Waals surface area contributed by atoms with Crippen molar-refractivity contribution >= 4 is 27.5 Å². The molecule has 100 valence electrons. The van der Waals surface area contributed by atoms with E-state index in [4.69, 9.17) is 11.6 Å². The summed E-state index contributed by atoms with van der Waals surface area (Å²) in [5.74, 6) is -0.461. The van der Waals surface area contributed by atoms with Gasteiger partial charge in [0.15, 0.2) is 0 Å². The van der Waals surface area contributed by atoms with E-state index < -0.39 is 11.9 Å². The average Bonchev–Trinajstić information content (AvgIpc) is 2.38. The van der Waals surface area contributed by atoms with Crippen LogP contribution < -0.4 is 0 Å². The predicted octanol–water partition coefficient (Wildman–Crippen LogP) is 4.83. The fourth-order valence-electron chi connectivity index (χ4n) is 1.91. The Kier molecular flexibility index (Phi) is 4.61. The minimum Gasteiger partial charge on any atom is -0.388 e. The van der Waals surface area contributed by atoms with Gasteiger partial charge in [-0.3, -0.25) is 0 Å². The lowest BCUT2D eigenvalue weighted by Crippen LogP contribution is -2.04. The van der Waals surface area contributed by atoms with Crippen molar-refractivity contribution in [2.75, 3.05) is 0 Å². The molecule has 1 N–H and O–H groups in total. The number of aliphatic hydroxyl groups is 1. The van der Waals surface area contributed by atoms with Gasteiger partial charge in [-0.1, -0.05) is 51.8 Å². The van der Waals surface area contributed by atoms with Crippen LogP contribution in [0.3, 0.4) is 0 Å². The van der Waals surface area contributed by atoms with E-state index in [-0.39, 0.29) is 11.4 Å². The Hall–Kier alpha value is -0.900. The van der Waals surface area contributed by atoms with E-state index in [0.717, 1.165) is 15.6 Å². The van der Waals surface area contributed by atoms with Gasteiger partial charge in [-0.25, -0.2) is 4.39 Å². The summed E-state index contributed by atoms with van der Waals surface area (Å²) in [5.41, 5.74) is 2.21. The second-order valence-electron chi connectivity index (χ2n) is 4.44. The van der Waals surface area contributed by atoms with Crippen molar-refractivity contribution in [3.05, 3.63) is 68.4 Å². The summed E-state index contributed by atoms with van der Waals surface area (Å²) < 4.78 is 14.8. The van der Waals surface area contributed by atoms with Crippen LogP contribution in [0.2, 0.25) is 5.02 Å². The molecule has 0 saturated heterocycles. The molecule has 0 amide bonds. The van der Waals surface area contributed by atoms with E-state index in [0.29, 0.717) is 5.56 Å². The smallest absolute Gasteiger partial charge is 0.145 e. The van der Waals surface area contributed by atoms with Crippen LogP contribution in [0.5, 0.6) is 0 Å². The van der Waals surface area contributed by atoms with Gasteiger partial charge in [0.05, 0.1) is 11.1 Å². The molecule has 4 heteroatoms. The van der Waals surface area contributed by atoms with Crippen molar-refractivity contribution < 1.29 is 9.50 Å². The largest absolute Gasteiger partial charge is 0.388 e. The summed E-state index contributed by atoms with van der Waals surface area (Å²) in [4.78, 5) is 0. The summed E-state index contributed by atoms with van der Waals surface area (Å²) in [6, 6.07) is 10.4. The molecule has 0 bridgehead atoms. The van der Waals surface area contributed by atoms with Crippen LogP contribution in [0.25, 0.3) is 0 Å². The summed E-state index contributed by atoms with van der Waals surface area (Å²) in [7, 11) is 0. The van der Waals surface area contributed by atoms with Gasteiger partial charge < -0.3 is 5.11 Å². The molecule has 2 rings (SSSR count). The van der Waals surface area contributed by atoms with E-state index in [1.807, 2.05) is 25.1 Å². The lowest BCUT2D eigenvalue weighted by molar-refractivity contribution is 0.177. The molecule has 2 aromatic carbocycles. The first kappa shape index (κ1) is 14.5. The molecule has 2 aromatic rings. The Morgan fingerprint density at radius 2 is 2.05 bits per heavy atom. The average molecular weight is 344 g/mol. The molecule has 0 heterocycles. The molecule has 0 fully saturated rings. The maximum Gasteiger partial charge on any atom is 0.145 e. The molecule has 0 spiro atoms. The standard InChI is InChI=1S/C15H13BrClFO/c1-9-7-10(5-6-12(9)16)14(19)8-11-3-2-4-13(17)15(11)18/h2-7,14,19H,8H2,1H3. The van der Waals surface area contributed by atoms with E-state index >= 15 is 0 Å². The van der Waals surface area contributed by atoms with Gasteiger partial charge in [0.1, 0.15) is 5.82 Å². The van der Waals surface area contributed by atoms with E-state index in [1.165, 1.54) is 6.07 Å². The maximum absolute atomic E-state index is 13.8. The van der Waals surface area contributed by atoms with Crippen molar-refractivity contribution in [3.63, 3.8) is 0 Å². The molecule has 0 saturated carbocycles. The van der Waals surface area contributed by atoms with Crippen LogP contribution in [-0.4, -0.2) is 5.11 Å². The van der Waals surface area contributed by atoms with Crippen molar-refractivity contribution in [3.8, 4) is 0 Å². The Balaban J connectivity index is 2.23. The van der Waals surface area contributed by atoms with Gasteiger partial charge in [-0.2, -0.15) is 0 Å². The monoisotopic (exact) mass is 342 g/mol. The molecule has 1 atom stereocenters. The molecular formula is C15H13BrClFO. The van der Waals surface area contributed by atoms with Gasteiger partial charge in [0.2, 0.25) is 0 Å². The first-order chi connectivity index (χ1) is 8.99. The fraction of sp³-hybridized carbons (Fsp3) is 0.200. The van der Waals surface area contributed by atoms with Gasteiger partial charge >= 0.3 is 0 Å². The molecule has 0 radical (unpaired) electrons. The zero-order valence-corrected chi connectivity index (χ0v) is 12.7. The third-order valence-corrected chi connectivity index (χ3v) is 4.19. The van der Waals surface area contributed by atoms with Gasteiger partial charge in [0.25, 0.3) is 0 Å². The zero-order chi connectivity index (χ0) is 14.0.